The van der Waals surface area contributed by atoms with Gasteiger partial charge < -0.3 is 26.2 Å². The monoisotopic (exact) mass is 532 g/mol. The summed E-state index contributed by atoms with van der Waals surface area (Å²) in [7, 11) is 0. The van der Waals surface area contributed by atoms with E-state index in [4.69, 9.17) is 10.7 Å². The highest BCUT2D eigenvalue weighted by molar-refractivity contribution is 5.99. The minimum Gasteiger partial charge on any atom is -0.366 e. The first kappa shape index (κ1) is 27.1. The van der Waals surface area contributed by atoms with Crippen LogP contribution in [0.1, 0.15) is 81.2 Å². The van der Waals surface area contributed by atoms with E-state index in [9.17, 15) is 14.4 Å². The third-order valence-corrected chi connectivity index (χ3v) is 8.86. The van der Waals surface area contributed by atoms with Crippen molar-refractivity contribution in [1.82, 2.24) is 20.5 Å². The lowest BCUT2D eigenvalue weighted by Gasteiger charge is -2.43. The van der Waals surface area contributed by atoms with Gasteiger partial charge in [-0.3, -0.25) is 14.4 Å². The van der Waals surface area contributed by atoms with Crippen LogP contribution in [0.2, 0.25) is 0 Å². The van der Waals surface area contributed by atoms with Gasteiger partial charge in [0.1, 0.15) is 5.82 Å². The zero-order chi connectivity index (χ0) is 27.7. The molecule has 208 valence electrons. The Morgan fingerprint density at radius 3 is 2.31 bits per heavy atom. The molecule has 1 aliphatic carbocycles. The number of likely N-dealkylation sites (tertiary alicyclic amines) is 1. The number of aromatic nitrogens is 1. The zero-order valence-electron chi connectivity index (χ0n) is 23.2. The predicted octanol–water partition coefficient (Wildman–Crippen LogP) is 2.80. The van der Waals surface area contributed by atoms with Gasteiger partial charge in [-0.25, -0.2) is 4.98 Å². The van der Waals surface area contributed by atoms with E-state index in [0.29, 0.717) is 34.2 Å². The number of nitrogens with two attached hydrogens (primary N) is 1. The number of hydrogen-bond donors (Lipinski definition) is 3. The highest BCUT2D eigenvalue weighted by Gasteiger charge is 2.40. The van der Waals surface area contributed by atoms with Crippen LogP contribution in [-0.4, -0.2) is 71.9 Å². The molecule has 3 unspecified atom stereocenters. The largest absolute Gasteiger partial charge is 0.366 e. The quantitative estimate of drug-likeness (QED) is 0.504. The molecule has 0 bridgehead atoms. The van der Waals surface area contributed by atoms with Gasteiger partial charge in [-0.1, -0.05) is 6.92 Å². The Labute approximate surface area is 230 Å². The number of rotatable bonds is 7. The number of pyridine rings is 1. The van der Waals surface area contributed by atoms with E-state index < -0.39 is 5.91 Å². The van der Waals surface area contributed by atoms with Gasteiger partial charge in [0.15, 0.2) is 0 Å². The molecule has 5 rings (SSSR count). The first-order valence-electron chi connectivity index (χ1n) is 14.2. The van der Waals surface area contributed by atoms with Gasteiger partial charge in [-0.2, -0.15) is 0 Å². The Morgan fingerprint density at radius 2 is 1.67 bits per heavy atom. The Kier molecular flexibility index (Phi) is 7.88. The number of carbonyl (C=O) groups is 3. The molecule has 4 atom stereocenters. The van der Waals surface area contributed by atoms with Crippen molar-refractivity contribution >= 4 is 23.5 Å². The number of primary amides is 1. The molecule has 1 aromatic heterocycles. The minimum atomic E-state index is -0.484. The Morgan fingerprint density at radius 1 is 0.949 bits per heavy atom. The van der Waals surface area contributed by atoms with Crippen LogP contribution in [-0.2, 0) is 0 Å². The van der Waals surface area contributed by atoms with Crippen molar-refractivity contribution in [3.63, 3.8) is 0 Å². The van der Waals surface area contributed by atoms with Crippen LogP contribution < -0.4 is 21.3 Å². The second-order valence-electron chi connectivity index (χ2n) is 11.4. The SMILES string of the molecule is CCN1CC[C@H](NC(=O)c2ccc(N3CCC(NC(=O)c4cc(C)c(C(N)=O)cc4C)CC4CCC43)nc2)C1. The molecule has 2 saturated heterocycles. The Balaban J connectivity index is 1.22. The Bertz CT molecular complexity index is 1250. The summed E-state index contributed by atoms with van der Waals surface area (Å²) in [5.41, 5.74) is 8.54. The number of amides is 3. The van der Waals surface area contributed by atoms with Crippen molar-refractivity contribution < 1.29 is 14.4 Å². The van der Waals surface area contributed by atoms with Gasteiger partial charge in [0, 0.05) is 55.1 Å². The second kappa shape index (κ2) is 11.3. The van der Waals surface area contributed by atoms with E-state index in [0.717, 1.165) is 69.7 Å². The third-order valence-electron chi connectivity index (χ3n) is 8.86. The van der Waals surface area contributed by atoms with Crippen molar-refractivity contribution in [1.29, 1.82) is 0 Å². The van der Waals surface area contributed by atoms with E-state index in [1.807, 2.05) is 19.1 Å². The molecular weight excluding hydrogens is 492 g/mol. The maximum absolute atomic E-state index is 13.2. The molecule has 4 N–H and O–H groups in total. The molecule has 9 nitrogen and oxygen atoms in total. The van der Waals surface area contributed by atoms with Crippen LogP contribution in [0.4, 0.5) is 5.82 Å². The number of benzene rings is 1. The number of aryl methyl sites for hydroxylation is 2. The molecule has 3 amide bonds. The summed E-state index contributed by atoms with van der Waals surface area (Å²) in [5.74, 6) is 0.721. The van der Waals surface area contributed by atoms with Crippen LogP contribution in [0.15, 0.2) is 30.5 Å². The average Bonchev–Trinajstić information content (AvgIpc) is 3.32. The summed E-state index contributed by atoms with van der Waals surface area (Å²) in [6.45, 7) is 9.51. The van der Waals surface area contributed by atoms with Crippen LogP contribution in [0.3, 0.4) is 0 Å². The molecule has 0 radical (unpaired) electrons. The van der Waals surface area contributed by atoms with Crippen molar-refractivity contribution in [2.45, 2.75) is 71.0 Å². The van der Waals surface area contributed by atoms with E-state index in [1.165, 1.54) is 0 Å². The van der Waals surface area contributed by atoms with Gasteiger partial charge >= 0.3 is 0 Å². The third kappa shape index (κ3) is 5.78. The normalized spacial score (nSPS) is 24.8. The zero-order valence-corrected chi connectivity index (χ0v) is 23.2. The maximum atomic E-state index is 13.2. The number of nitrogens with zero attached hydrogens (tertiary/aromatic N) is 3. The lowest BCUT2D eigenvalue weighted by molar-refractivity contribution is 0.0920. The standard InChI is InChI=1S/C30H40N6O3/c1-4-35-11-9-23(17-35)34-29(38)21-6-8-27(32-16-21)36-12-10-22(15-20-5-7-26(20)36)33-30(39)25-14-18(2)24(28(31)37)13-19(25)3/h6,8,13-14,16,20,22-23,26H,4-5,7,9-12,15,17H2,1-3H3,(H2,31,37)(H,33,39)(H,34,38)/t20?,22?,23-,26?/m0/s1. The first-order chi connectivity index (χ1) is 18.7. The summed E-state index contributed by atoms with van der Waals surface area (Å²) in [4.78, 5) is 47.0. The van der Waals surface area contributed by atoms with E-state index >= 15 is 0 Å². The summed E-state index contributed by atoms with van der Waals surface area (Å²) in [6, 6.07) is 7.95. The van der Waals surface area contributed by atoms with Crippen molar-refractivity contribution in [3.05, 3.63) is 58.3 Å². The van der Waals surface area contributed by atoms with Gasteiger partial charge in [0.25, 0.3) is 11.8 Å². The molecule has 3 fully saturated rings. The van der Waals surface area contributed by atoms with E-state index in [2.05, 4.69) is 27.4 Å². The number of hydrogen-bond acceptors (Lipinski definition) is 6. The summed E-state index contributed by atoms with van der Waals surface area (Å²) >= 11 is 0. The number of likely N-dealkylation sites (N-methyl/N-ethyl adjacent to an activating group) is 1. The molecule has 1 aromatic carbocycles. The molecule has 3 heterocycles. The van der Waals surface area contributed by atoms with Crippen LogP contribution in [0.5, 0.6) is 0 Å². The van der Waals surface area contributed by atoms with E-state index in [1.54, 1.807) is 25.3 Å². The number of carbonyl (C=O) groups excluding carboxylic acids is 3. The highest BCUT2D eigenvalue weighted by Crippen LogP contribution is 2.40. The van der Waals surface area contributed by atoms with Crippen LogP contribution in [0.25, 0.3) is 0 Å². The molecule has 0 spiro atoms. The number of fused-ring (bicyclic) bond motifs is 1. The molecule has 9 heteroatoms. The van der Waals surface area contributed by atoms with Crippen molar-refractivity contribution in [3.8, 4) is 0 Å². The average molecular weight is 533 g/mol. The summed E-state index contributed by atoms with van der Waals surface area (Å²) in [5, 5.41) is 6.41. The fourth-order valence-electron chi connectivity index (χ4n) is 6.38. The molecular formula is C30H40N6O3. The molecule has 1 saturated carbocycles. The molecule has 39 heavy (non-hydrogen) atoms. The number of nitrogens with one attached hydrogen (secondary N) is 2. The summed E-state index contributed by atoms with van der Waals surface area (Å²) in [6.07, 6.45) is 6.66. The molecule has 2 aromatic rings. The van der Waals surface area contributed by atoms with Crippen LogP contribution in [0, 0.1) is 19.8 Å². The summed E-state index contributed by atoms with van der Waals surface area (Å²) < 4.78 is 0. The first-order valence-corrected chi connectivity index (χ1v) is 14.2. The highest BCUT2D eigenvalue weighted by atomic mass is 16.2. The smallest absolute Gasteiger partial charge is 0.253 e. The van der Waals surface area contributed by atoms with E-state index in [-0.39, 0.29) is 23.9 Å². The number of anilines is 1. The second-order valence-corrected chi connectivity index (χ2v) is 11.4. The van der Waals surface area contributed by atoms with Gasteiger partial charge in [-0.15, -0.1) is 0 Å². The molecule has 2 aliphatic heterocycles. The van der Waals surface area contributed by atoms with Crippen molar-refractivity contribution in [2.24, 2.45) is 11.7 Å². The Hall–Kier alpha value is -3.46. The maximum Gasteiger partial charge on any atom is 0.253 e. The van der Waals surface area contributed by atoms with Crippen LogP contribution >= 0.6 is 0 Å². The van der Waals surface area contributed by atoms with Gasteiger partial charge in [0.2, 0.25) is 5.91 Å². The topological polar surface area (TPSA) is 121 Å². The van der Waals surface area contributed by atoms with Crippen molar-refractivity contribution in [2.75, 3.05) is 31.1 Å². The fourth-order valence-corrected chi connectivity index (χ4v) is 6.38. The van der Waals surface area contributed by atoms with Gasteiger partial charge in [0.05, 0.1) is 5.56 Å². The lowest BCUT2D eigenvalue weighted by atomic mass is 9.76. The minimum absolute atomic E-state index is 0.0602. The van der Waals surface area contributed by atoms with Gasteiger partial charge in [-0.05, 0) is 93.8 Å². The lowest BCUT2D eigenvalue weighted by Crippen LogP contribution is -2.47. The predicted molar refractivity (Wildman–Crippen MR) is 151 cm³/mol. The molecule has 3 aliphatic rings. The fraction of sp³-hybridized carbons (Fsp3) is 0.533.